The van der Waals surface area contributed by atoms with Crippen molar-refractivity contribution in [3.63, 3.8) is 0 Å². The number of aromatic amines is 2. The van der Waals surface area contributed by atoms with E-state index in [4.69, 9.17) is 0 Å². The molecule has 0 fully saturated rings. The van der Waals surface area contributed by atoms with Crippen LogP contribution in [-0.2, 0) is 6.42 Å². The molecule has 3 aromatic carbocycles. The van der Waals surface area contributed by atoms with Crippen LogP contribution < -0.4 is 15.8 Å². The zero-order chi connectivity index (χ0) is 24.5. The molecule has 2 aromatic heterocycles. The minimum atomic E-state index is -0.000394. The molecule has 2 N–H and O–H groups in total. The lowest BCUT2D eigenvalue weighted by Gasteiger charge is -2.25. The minimum absolute atomic E-state index is 0.000394. The first-order valence-electron chi connectivity index (χ1n) is 12.9. The Morgan fingerprint density at radius 3 is 2.14 bits per heavy atom. The molecule has 0 radical (unpaired) electrons. The number of fused-ring (bicyclic) bond motifs is 4. The SMILES string of the molecule is CCCCN(CCCC)c1ccc2c(=O)c3cc4[nH]c5ccccc5c(=O)c4c(CC)c3[nH]c2c1. The number of nitrogens with zero attached hydrogens (tertiary/aromatic N) is 1. The quantitative estimate of drug-likeness (QED) is 0.251. The summed E-state index contributed by atoms with van der Waals surface area (Å²) in [6.07, 6.45) is 5.22. The average molecular weight is 468 g/mol. The van der Waals surface area contributed by atoms with Gasteiger partial charge in [-0.25, -0.2) is 0 Å². The Labute approximate surface area is 204 Å². The molecule has 0 saturated heterocycles. The molecule has 5 rings (SSSR count). The van der Waals surface area contributed by atoms with E-state index in [2.05, 4.69) is 40.8 Å². The molecule has 0 unspecified atom stereocenters. The number of nitrogens with one attached hydrogen (secondary N) is 2. The van der Waals surface area contributed by atoms with E-state index in [9.17, 15) is 9.59 Å². The largest absolute Gasteiger partial charge is 0.371 e. The van der Waals surface area contributed by atoms with Gasteiger partial charge in [-0.15, -0.1) is 0 Å². The van der Waals surface area contributed by atoms with Gasteiger partial charge in [0.15, 0.2) is 10.9 Å². The number of H-pyrrole nitrogens is 2. The van der Waals surface area contributed by atoms with Crippen molar-refractivity contribution in [2.45, 2.75) is 52.9 Å². The molecule has 0 saturated carbocycles. The Hall–Kier alpha value is -3.60. The molecule has 0 amide bonds. The van der Waals surface area contributed by atoms with Crippen molar-refractivity contribution >= 4 is 49.3 Å². The molecule has 0 bridgehead atoms. The molecule has 5 heteroatoms. The molecule has 5 aromatic rings. The maximum Gasteiger partial charge on any atom is 0.197 e. The highest BCUT2D eigenvalue weighted by atomic mass is 16.1. The number of benzene rings is 3. The third kappa shape index (κ3) is 3.99. The highest BCUT2D eigenvalue weighted by Gasteiger charge is 2.17. The van der Waals surface area contributed by atoms with Crippen LogP contribution in [0.5, 0.6) is 0 Å². The number of anilines is 1. The summed E-state index contributed by atoms with van der Waals surface area (Å²) in [5.74, 6) is 0. The van der Waals surface area contributed by atoms with E-state index >= 15 is 0 Å². The van der Waals surface area contributed by atoms with E-state index in [0.29, 0.717) is 33.5 Å². The smallest absolute Gasteiger partial charge is 0.197 e. The number of hydrogen-bond donors (Lipinski definition) is 2. The maximum absolute atomic E-state index is 13.6. The van der Waals surface area contributed by atoms with Crippen LogP contribution in [-0.4, -0.2) is 23.1 Å². The van der Waals surface area contributed by atoms with E-state index in [0.717, 1.165) is 66.6 Å². The lowest BCUT2D eigenvalue weighted by atomic mass is 9.98. The van der Waals surface area contributed by atoms with Gasteiger partial charge in [-0.3, -0.25) is 9.59 Å². The fourth-order valence-electron chi connectivity index (χ4n) is 5.22. The number of para-hydroxylation sites is 1. The molecule has 5 nitrogen and oxygen atoms in total. The zero-order valence-electron chi connectivity index (χ0n) is 20.8. The Bertz CT molecular complexity index is 1650. The fraction of sp³-hybridized carbons (Fsp3) is 0.333. The number of hydrogen-bond acceptors (Lipinski definition) is 3. The number of unbranched alkanes of at least 4 members (excludes halogenated alkanes) is 2. The Morgan fingerprint density at radius 2 is 1.43 bits per heavy atom. The molecule has 0 atom stereocenters. The van der Waals surface area contributed by atoms with Crippen LogP contribution in [0.15, 0.2) is 58.1 Å². The average Bonchev–Trinajstić information content (AvgIpc) is 2.88. The van der Waals surface area contributed by atoms with E-state index < -0.39 is 0 Å². The molecule has 0 aliphatic rings. The maximum atomic E-state index is 13.6. The summed E-state index contributed by atoms with van der Waals surface area (Å²) < 4.78 is 0. The number of rotatable bonds is 8. The predicted molar refractivity (Wildman–Crippen MR) is 149 cm³/mol. The van der Waals surface area contributed by atoms with Crippen LogP contribution >= 0.6 is 0 Å². The van der Waals surface area contributed by atoms with Crippen molar-refractivity contribution in [1.82, 2.24) is 9.97 Å². The van der Waals surface area contributed by atoms with Crippen LogP contribution in [0.2, 0.25) is 0 Å². The van der Waals surface area contributed by atoms with Crippen LogP contribution in [0.4, 0.5) is 5.69 Å². The van der Waals surface area contributed by atoms with Crippen molar-refractivity contribution in [3.8, 4) is 0 Å². The van der Waals surface area contributed by atoms with Crippen molar-refractivity contribution in [1.29, 1.82) is 0 Å². The molecule has 0 aliphatic heterocycles. The summed E-state index contributed by atoms with van der Waals surface area (Å²) in [4.78, 5) is 36.5. The zero-order valence-corrected chi connectivity index (χ0v) is 20.8. The van der Waals surface area contributed by atoms with Crippen molar-refractivity contribution in [3.05, 3.63) is 74.5 Å². The second-order valence-electron chi connectivity index (χ2n) is 9.43. The molecular weight excluding hydrogens is 434 g/mol. The summed E-state index contributed by atoms with van der Waals surface area (Å²) >= 11 is 0. The van der Waals surface area contributed by atoms with Gasteiger partial charge in [0.2, 0.25) is 0 Å². The number of pyridine rings is 2. The lowest BCUT2D eigenvalue weighted by molar-refractivity contribution is 0.678. The highest BCUT2D eigenvalue weighted by molar-refractivity contribution is 6.05. The number of aryl methyl sites for hydroxylation is 1. The number of aromatic nitrogens is 2. The third-order valence-corrected chi connectivity index (χ3v) is 7.13. The summed E-state index contributed by atoms with van der Waals surface area (Å²) in [5, 5.41) is 2.63. The van der Waals surface area contributed by atoms with E-state index in [1.54, 1.807) is 0 Å². The van der Waals surface area contributed by atoms with Gasteiger partial charge in [-0.2, -0.15) is 0 Å². The topological polar surface area (TPSA) is 69.0 Å². The standard InChI is InChI=1S/C30H33N3O2/c1-4-7-15-33(16-8-5-2)19-13-14-22-25(17-19)32-28-20(6-3)27-26(18-23(28)29(22)34)31-24-12-10-9-11-21(24)30(27)35/h9-14,17-18H,4-8,15-16H2,1-3H3,(H,31,35)(H,32,34). The summed E-state index contributed by atoms with van der Waals surface area (Å²) in [5.41, 5.74) is 5.12. The van der Waals surface area contributed by atoms with Gasteiger partial charge in [-0.05, 0) is 61.2 Å². The first kappa shape index (κ1) is 23.2. The summed E-state index contributed by atoms with van der Waals surface area (Å²) in [7, 11) is 0. The normalized spacial score (nSPS) is 11.7. The first-order chi connectivity index (χ1) is 17.1. The Kier molecular flexibility index (Phi) is 6.33. The van der Waals surface area contributed by atoms with Gasteiger partial charge in [-0.1, -0.05) is 45.7 Å². The second-order valence-corrected chi connectivity index (χ2v) is 9.43. The van der Waals surface area contributed by atoms with Crippen LogP contribution in [0.25, 0.3) is 43.6 Å². The van der Waals surface area contributed by atoms with E-state index in [-0.39, 0.29) is 10.9 Å². The highest BCUT2D eigenvalue weighted by Crippen LogP contribution is 2.28. The predicted octanol–water partition coefficient (Wildman–Crippen LogP) is 6.65. The van der Waals surface area contributed by atoms with Crippen LogP contribution in [0.3, 0.4) is 0 Å². The fourth-order valence-corrected chi connectivity index (χ4v) is 5.22. The van der Waals surface area contributed by atoms with Crippen molar-refractivity contribution < 1.29 is 0 Å². The Morgan fingerprint density at radius 1 is 0.714 bits per heavy atom. The lowest BCUT2D eigenvalue weighted by Crippen LogP contribution is -2.25. The molecular formula is C30H33N3O2. The molecule has 2 heterocycles. The van der Waals surface area contributed by atoms with Gasteiger partial charge in [0.05, 0.1) is 21.9 Å². The third-order valence-electron chi connectivity index (χ3n) is 7.13. The van der Waals surface area contributed by atoms with Gasteiger partial charge < -0.3 is 14.9 Å². The van der Waals surface area contributed by atoms with E-state index in [1.165, 1.54) is 0 Å². The van der Waals surface area contributed by atoms with Crippen LogP contribution in [0.1, 0.15) is 52.0 Å². The molecule has 35 heavy (non-hydrogen) atoms. The van der Waals surface area contributed by atoms with Gasteiger partial charge in [0.25, 0.3) is 0 Å². The van der Waals surface area contributed by atoms with E-state index in [1.807, 2.05) is 43.3 Å². The first-order valence-corrected chi connectivity index (χ1v) is 12.9. The Balaban J connectivity index is 1.78. The van der Waals surface area contributed by atoms with Crippen LogP contribution in [0, 0.1) is 0 Å². The van der Waals surface area contributed by atoms with Gasteiger partial charge in [0, 0.05) is 40.5 Å². The van der Waals surface area contributed by atoms with Crippen molar-refractivity contribution in [2.75, 3.05) is 18.0 Å². The molecule has 0 aliphatic carbocycles. The second kappa shape index (κ2) is 9.57. The monoisotopic (exact) mass is 467 g/mol. The van der Waals surface area contributed by atoms with Gasteiger partial charge >= 0.3 is 0 Å². The summed E-state index contributed by atoms with van der Waals surface area (Å²) in [6, 6.07) is 15.5. The van der Waals surface area contributed by atoms with Crippen molar-refractivity contribution in [2.24, 2.45) is 0 Å². The minimum Gasteiger partial charge on any atom is -0.371 e. The molecule has 180 valence electrons. The molecule has 0 spiro atoms. The summed E-state index contributed by atoms with van der Waals surface area (Å²) in [6.45, 7) is 8.48. The van der Waals surface area contributed by atoms with Gasteiger partial charge in [0.1, 0.15) is 0 Å².